The first-order chi connectivity index (χ1) is 12.7. The van der Waals surface area contributed by atoms with Crippen molar-refractivity contribution in [3.05, 3.63) is 47.7 Å². The smallest absolute Gasteiger partial charge is 0.272 e. The fourth-order valence-corrected chi connectivity index (χ4v) is 4.64. The summed E-state index contributed by atoms with van der Waals surface area (Å²) in [5.74, 6) is -1.58. The van der Waals surface area contributed by atoms with Crippen molar-refractivity contribution in [1.29, 1.82) is 5.26 Å². The standard InChI is InChI=1S/C18H21F3N2O3S/c19-18(20,21)10-11-27(24,25)17(12-22)15-6-8-16(9-7-15)23-26-13-14-4-2-1-3-5-14/h1-5,8,15,17,23H,6-7,9-11,13H2. The molecule has 2 atom stereocenters. The summed E-state index contributed by atoms with van der Waals surface area (Å²) in [7, 11) is -4.14. The largest absolute Gasteiger partial charge is 0.390 e. The normalized spacial score (nSPS) is 19.0. The Morgan fingerprint density at radius 3 is 2.56 bits per heavy atom. The fraction of sp³-hybridized carbons (Fsp3) is 0.500. The van der Waals surface area contributed by atoms with E-state index in [4.69, 9.17) is 4.84 Å². The van der Waals surface area contributed by atoms with Crippen LogP contribution in [0.2, 0.25) is 0 Å². The molecule has 0 fully saturated rings. The van der Waals surface area contributed by atoms with Gasteiger partial charge in [0.15, 0.2) is 15.1 Å². The van der Waals surface area contributed by atoms with Crippen LogP contribution in [0.4, 0.5) is 13.2 Å². The van der Waals surface area contributed by atoms with Gasteiger partial charge in [0.1, 0.15) is 0 Å². The zero-order valence-electron chi connectivity index (χ0n) is 14.6. The molecule has 1 N–H and O–H groups in total. The first kappa shape index (κ1) is 21.3. The van der Waals surface area contributed by atoms with Crippen LogP contribution in [0.3, 0.4) is 0 Å². The van der Waals surface area contributed by atoms with Gasteiger partial charge in [-0.15, -0.1) is 0 Å². The van der Waals surface area contributed by atoms with Crippen molar-refractivity contribution in [2.45, 2.75) is 43.7 Å². The molecule has 0 amide bonds. The molecule has 0 radical (unpaired) electrons. The third-order valence-corrected chi connectivity index (χ3v) is 6.39. The molecule has 0 spiro atoms. The number of halogens is 3. The predicted molar refractivity (Wildman–Crippen MR) is 93.7 cm³/mol. The van der Waals surface area contributed by atoms with E-state index in [0.29, 0.717) is 25.9 Å². The Kier molecular flexibility index (Phi) is 7.27. The maximum absolute atomic E-state index is 12.3. The van der Waals surface area contributed by atoms with E-state index in [2.05, 4.69) is 5.48 Å². The third-order valence-electron chi connectivity index (χ3n) is 4.35. The molecule has 1 aromatic rings. The topological polar surface area (TPSA) is 79.2 Å². The first-order valence-electron chi connectivity index (χ1n) is 8.50. The average molecular weight is 402 g/mol. The monoisotopic (exact) mass is 402 g/mol. The second kappa shape index (κ2) is 9.24. The van der Waals surface area contributed by atoms with Gasteiger partial charge in [-0.3, -0.25) is 10.3 Å². The van der Waals surface area contributed by atoms with Gasteiger partial charge in [0.2, 0.25) is 0 Å². The summed E-state index contributed by atoms with van der Waals surface area (Å²) in [5.41, 5.74) is 4.57. The Morgan fingerprint density at radius 2 is 2.00 bits per heavy atom. The van der Waals surface area contributed by atoms with Crippen LogP contribution in [0.5, 0.6) is 0 Å². The molecule has 5 nitrogen and oxygen atoms in total. The molecule has 27 heavy (non-hydrogen) atoms. The summed E-state index contributed by atoms with van der Waals surface area (Å²) in [5, 5.41) is 7.78. The van der Waals surface area contributed by atoms with E-state index in [1.54, 1.807) is 12.1 Å². The zero-order valence-corrected chi connectivity index (χ0v) is 15.4. The van der Waals surface area contributed by atoms with Crippen LogP contribution in [0.25, 0.3) is 0 Å². The van der Waals surface area contributed by atoms with Crippen molar-refractivity contribution in [2.24, 2.45) is 5.92 Å². The number of allylic oxidation sites excluding steroid dienone is 2. The van der Waals surface area contributed by atoms with Gasteiger partial charge in [-0.1, -0.05) is 36.4 Å². The lowest BCUT2D eigenvalue weighted by molar-refractivity contribution is -0.129. The quantitative estimate of drug-likeness (QED) is 0.672. The SMILES string of the molecule is N#CC(C1CC=C(NOCc2ccccc2)CC1)S(=O)(=O)CCC(F)(F)F. The maximum Gasteiger partial charge on any atom is 0.390 e. The third kappa shape index (κ3) is 6.88. The molecular weight excluding hydrogens is 381 g/mol. The van der Waals surface area contributed by atoms with E-state index in [9.17, 15) is 26.9 Å². The van der Waals surface area contributed by atoms with Crippen molar-refractivity contribution in [1.82, 2.24) is 5.48 Å². The number of benzene rings is 1. The number of alkyl halides is 3. The summed E-state index contributed by atoms with van der Waals surface area (Å²) in [6.07, 6.45) is -3.12. The minimum Gasteiger partial charge on any atom is -0.272 e. The Morgan fingerprint density at radius 1 is 1.30 bits per heavy atom. The number of sulfone groups is 1. The fourth-order valence-electron chi connectivity index (χ4n) is 2.87. The maximum atomic E-state index is 12.3. The Hall–Kier alpha value is -2.05. The van der Waals surface area contributed by atoms with Crippen LogP contribution in [0.1, 0.15) is 31.2 Å². The average Bonchev–Trinajstić information content (AvgIpc) is 2.62. The number of nitrogens with one attached hydrogen (secondary N) is 1. The molecule has 9 heteroatoms. The number of nitriles is 1. The lowest BCUT2D eigenvalue weighted by Gasteiger charge is -2.26. The lowest BCUT2D eigenvalue weighted by atomic mass is 9.90. The summed E-state index contributed by atoms with van der Waals surface area (Å²) in [6.45, 7) is 0.355. The highest BCUT2D eigenvalue weighted by atomic mass is 32.2. The van der Waals surface area contributed by atoms with Crippen LogP contribution >= 0.6 is 0 Å². The van der Waals surface area contributed by atoms with E-state index in [0.717, 1.165) is 11.3 Å². The molecule has 1 aliphatic rings. The second-order valence-electron chi connectivity index (χ2n) is 6.42. The minimum absolute atomic E-state index is 0.292. The number of rotatable bonds is 8. The Bertz CT molecular complexity index is 786. The zero-order chi connectivity index (χ0) is 19.9. The number of hydrogen-bond acceptors (Lipinski definition) is 5. The van der Waals surface area contributed by atoms with E-state index in [1.165, 1.54) is 0 Å². The molecule has 1 aromatic carbocycles. The molecule has 148 valence electrons. The molecule has 0 bridgehead atoms. The molecule has 0 saturated heterocycles. The summed E-state index contributed by atoms with van der Waals surface area (Å²) < 4.78 is 61.2. The predicted octanol–water partition coefficient (Wildman–Crippen LogP) is 3.65. The Labute approximate surface area is 156 Å². The lowest BCUT2D eigenvalue weighted by Crippen LogP contribution is -2.33. The highest BCUT2D eigenvalue weighted by Gasteiger charge is 2.37. The molecule has 2 rings (SSSR count). The van der Waals surface area contributed by atoms with Crippen LogP contribution < -0.4 is 5.48 Å². The molecule has 2 unspecified atom stereocenters. The van der Waals surface area contributed by atoms with E-state index in [-0.39, 0.29) is 0 Å². The minimum atomic E-state index is -4.56. The van der Waals surface area contributed by atoms with Gasteiger partial charge < -0.3 is 0 Å². The van der Waals surface area contributed by atoms with Crippen molar-refractivity contribution < 1.29 is 26.4 Å². The van der Waals surface area contributed by atoms with Crippen molar-refractivity contribution in [3.8, 4) is 6.07 Å². The number of hydroxylamine groups is 1. The van der Waals surface area contributed by atoms with E-state index in [1.807, 2.05) is 30.3 Å². The van der Waals surface area contributed by atoms with Crippen molar-refractivity contribution in [2.75, 3.05) is 5.75 Å². The molecule has 0 heterocycles. The highest BCUT2D eigenvalue weighted by Crippen LogP contribution is 2.30. The van der Waals surface area contributed by atoms with Gasteiger partial charge in [0.25, 0.3) is 0 Å². The Balaban J connectivity index is 1.87. The van der Waals surface area contributed by atoms with Crippen LogP contribution in [0, 0.1) is 17.2 Å². The van der Waals surface area contributed by atoms with Gasteiger partial charge in [0, 0.05) is 5.70 Å². The van der Waals surface area contributed by atoms with Crippen molar-refractivity contribution >= 4 is 9.84 Å². The van der Waals surface area contributed by atoms with E-state index < -0.39 is 39.4 Å². The molecular formula is C18H21F3N2O3S. The van der Waals surface area contributed by atoms with Crippen LogP contribution in [-0.4, -0.2) is 25.6 Å². The van der Waals surface area contributed by atoms with Gasteiger partial charge >= 0.3 is 6.18 Å². The second-order valence-corrected chi connectivity index (χ2v) is 8.66. The molecule has 1 aliphatic carbocycles. The molecule has 0 saturated carbocycles. The van der Waals surface area contributed by atoms with Crippen LogP contribution in [0.15, 0.2) is 42.1 Å². The van der Waals surface area contributed by atoms with E-state index >= 15 is 0 Å². The van der Waals surface area contributed by atoms with Gasteiger partial charge in [-0.25, -0.2) is 8.42 Å². The van der Waals surface area contributed by atoms with Gasteiger partial charge in [0.05, 0.1) is 24.8 Å². The van der Waals surface area contributed by atoms with Crippen molar-refractivity contribution in [3.63, 3.8) is 0 Å². The summed E-state index contributed by atoms with van der Waals surface area (Å²) >= 11 is 0. The number of nitrogens with zero attached hydrogens (tertiary/aromatic N) is 1. The number of hydrogen-bond donors (Lipinski definition) is 1. The highest BCUT2D eigenvalue weighted by molar-refractivity contribution is 7.92. The summed E-state index contributed by atoms with van der Waals surface area (Å²) in [6, 6.07) is 11.2. The molecule has 0 aliphatic heterocycles. The van der Waals surface area contributed by atoms with Gasteiger partial charge in [-0.05, 0) is 30.7 Å². The summed E-state index contributed by atoms with van der Waals surface area (Å²) in [4.78, 5) is 5.40. The first-order valence-corrected chi connectivity index (χ1v) is 10.2. The van der Waals surface area contributed by atoms with Gasteiger partial charge in [-0.2, -0.15) is 18.4 Å². The molecule has 0 aromatic heterocycles. The van der Waals surface area contributed by atoms with Crippen LogP contribution in [-0.2, 0) is 21.3 Å².